The molecule has 1 aromatic rings. The highest BCUT2D eigenvalue weighted by Gasteiger charge is 2.30. The number of nitrogens with one attached hydrogen (secondary N) is 1. The minimum Gasteiger partial charge on any atom is -0.497 e. The van der Waals surface area contributed by atoms with E-state index in [0.29, 0.717) is 25.9 Å². The van der Waals surface area contributed by atoms with Gasteiger partial charge in [0.05, 0.1) is 19.6 Å². The molecular weight excluding hydrogens is 298 g/mol. The summed E-state index contributed by atoms with van der Waals surface area (Å²) < 4.78 is 5.17. The van der Waals surface area contributed by atoms with Crippen LogP contribution in [0.5, 0.6) is 5.75 Å². The van der Waals surface area contributed by atoms with Crippen LogP contribution in [-0.2, 0) is 20.9 Å². The minimum absolute atomic E-state index is 0.0202. The van der Waals surface area contributed by atoms with Crippen molar-refractivity contribution in [1.82, 2.24) is 10.2 Å². The first-order chi connectivity index (χ1) is 11.0. The Hall–Kier alpha value is -2.57. The fourth-order valence-corrected chi connectivity index (χ4v) is 2.59. The van der Waals surface area contributed by atoms with Crippen molar-refractivity contribution in [3.63, 3.8) is 0 Å². The molecule has 0 bridgehead atoms. The summed E-state index contributed by atoms with van der Waals surface area (Å²) in [5.41, 5.74) is 5.96. The summed E-state index contributed by atoms with van der Waals surface area (Å²) in [5.74, 6) is -0.405. The number of hydrogen-bond donors (Lipinski definition) is 2. The van der Waals surface area contributed by atoms with Gasteiger partial charge >= 0.3 is 0 Å². The van der Waals surface area contributed by atoms with E-state index in [4.69, 9.17) is 10.5 Å². The zero-order valence-corrected chi connectivity index (χ0v) is 13.1. The third-order valence-electron chi connectivity index (χ3n) is 3.82. The molecule has 23 heavy (non-hydrogen) atoms. The number of carbonyl (C=O) groups is 3. The maximum atomic E-state index is 12.1. The average Bonchev–Trinajstić information content (AvgIpc) is 2.54. The molecule has 0 radical (unpaired) electrons. The normalized spacial score (nSPS) is 17.7. The molecule has 1 aromatic carbocycles. The monoisotopic (exact) mass is 319 g/mol. The lowest BCUT2D eigenvalue weighted by atomic mass is 9.96. The van der Waals surface area contributed by atoms with Gasteiger partial charge in [-0.25, -0.2) is 0 Å². The maximum Gasteiger partial charge on any atom is 0.236 e. The highest BCUT2D eigenvalue weighted by Crippen LogP contribution is 2.21. The van der Waals surface area contributed by atoms with E-state index >= 15 is 0 Å². The van der Waals surface area contributed by atoms with Gasteiger partial charge in [-0.3, -0.25) is 14.4 Å². The van der Waals surface area contributed by atoms with Crippen LogP contribution in [0.4, 0.5) is 0 Å². The molecular formula is C16H21N3O4. The molecule has 2 rings (SSSR count). The van der Waals surface area contributed by atoms with Crippen LogP contribution < -0.4 is 15.8 Å². The molecule has 1 atom stereocenters. The molecule has 1 aliphatic heterocycles. The van der Waals surface area contributed by atoms with E-state index in [0.717, 1.165) is 11.3 Å². The summed E-state index contributed by atoms with van der Waals surface area (Å²) in [4.78, 5) is 36.5. The zero-order chi connectivity index (χ0) is 16.8. The standard InChI is InChI=1S/C16H21N3O4/c1-23-13-4-2-3-11(7-13)9-19-10-12(5-6-15(19)21)16(22)18-8-14(17)20/h2-4,7,12H,5-6,8-10H2,1H3,(H2,17,20)(H,18,22). The Bertz CT molecular complexity index is 603. The first-order valence-electron chi connectivity index (χ1n) is 7.46. The van der Waals surface area contributed by atoms with Gasteiger partial charge in [0.1, 0.15) is 5.75 Å². The maximum absolute atomic E-state index is 12.1. The van der Waals surface area contributed by atoms with Gasteiger partial charge in [-0.15, -0.1) is 0 Å². The lowest BCUT2D eigenvalue weighted by Crippen LogP contribution is -2.46. The molecule has 0 aliphatic carbocycles. The van der Waals surface area contributed by atoms with Crippen LogP contribution in [0.1, 0.15) is 18.4 Å². The van der Waals surface area contributed by atoms with Gasteiger partial charge in [0.2, 0.25) is 17.7 Å². The highest BCUT2D eigenvalue weighted by molar-refractivity contribution is 5.87. The number of ether oxygens (including phenoxy) is 1. The van der Waals surface area contributed by atoms with Crippen LogP contribution in [0.3, 0.4) is 0 Å². The molecule has 7 nitrogen and oxygen atoms in total. The molecule has 7 heteroatoms. The largest absolute Gasteiger partial charge is 0.497 e. The molecule has 0 aromatic heterocycles. The summed E-state index contributed by atoms with van der Waals surface area (Å²) in [6, 6.07) is 7.47. The van der Waals surface area contributed by atoms with Crippen molar-refractivity contribution in [3.8, 4) is 5.75 Å². The fraction of sp³-hybridized carbons (Fsp3) is 0.438. The predicted octanol–water partition coefficient (Wildman–Crippen LogP) is 0.0353. The van der Waals surface area contributed by atoms with Crippen LogP contribution >= 0.6 is 0 Å². The summed E-state index contributed by atoms with van der Waals surface area (Å²) in [5, 5.41) is 2.50. The second kappa shape index (κ2) is 7.62. The number of methoxy groups -OCH3 is 1. The molecule has 0 saturated carbocycles. The number of likely N-dealkylation sites (tertiary alicyclic amines) is 1. The van der Waals surface area contributed by atoms with E-state index in [2.05, 4.69) is 5.32 Å². The van der Waals surface area contributed by atoms with Crippen molar-refractivity contribution in [2.75, 3.05) is 20.2 Å². The van der Waals surface area contributed by atoms with E-state index < -0.39 is 5.91 Å². The van der Waals surface area contributed by atoms with Gasteiger partial charge in [0, 0.05) is 19.5 Å². The van der Waals surface area contributed by atoms with Crippen LogP contribution in [-0.4, -0.2) is 42.8 Å². The van der Waals surface area contributed by atoms with Gasteiger partial charge in [-0.1, -0.05) is 12.1 Å². The van der Waals surface area contributed by atoms with Crippen molar-refractivity contribution < 1.29 is 19.1 Å². The van der Waals surface area contributed by atoms with Crippen molar-refractivity contribution >= 4 is 17.7 Å². The molecule has 1 unspecified atom stereocenters. The summed E-state index contributed by atoms with van der Waals surface area (Å²) in [6.07, 6.45) is 0.802. The summed E-state index contributed by atoms with van der Waals surface area (Å²) in [7, 11) is 1.59. The Balaban J connectivity index is 1.98. The topological polar surface area (TPSA) is 102 Å². The Kier molecular flexibility index (Phi) is 5.56. The third kappa shape index (κ3) is 4.70. The molecule has 3 N–H and O–H groups in total. The number of primary amides is 1. The zero-order valence-electron chi connectivity index (χ0n) is 13.1. The first kappa shape index (κ1) is 16.8. The first-order valence-corrected chi connectivity index (χ1v) is 7.46. The molecule has 0 spiro atoms. The lowest BCUT2D eigenvalue weighted by Gasteiger charge is -2.32. The Labute approximate surface area is 134 Å². The second-order valence-electron chi connectivity index (χ2n) is 5.55. The van der Waals surface area contributed by atoms with E-state index in [1.165, 1.54) is 0 Å². The Morgan fingerprint density at radius 1 is 1.43 bits per heavy atom. The number of nitrogens with two attached hydrogens (primary N) is 1. The van der Waals surface area contributed by atoms with Gasteiger partial charge in [-0.2, -0.15) is 0 Å². The Morgan fingerprint density at radius 2 is 2.22 bits per heavy atom. The number of amides is 3. The number of hydrogen-bond acceptors (Lipinski definition) is 4. The van der Waals surface area contributed by atoms with Crippen molar-refractivity contribution in [1.29, 1.82) is 0 Å². The lowest BCUT2D eigenvalue weighted by molar-refractivity contribution is -0.139. The van der Waals surface area contributed by atoms with Crippen LogP contribution in [0.15, 0.2) is 24.3 Å². The van der Waals surface area contributed by atoms with Gasteiger partial charge < -0.3 is 20.7 Å². The van der Waals surface area contributed by atoms with E-state index in [1.54, 1.807) is 12.0 Å². The number of carbonyl (C=O) groups excluding carboxylic acids is 3. The summed E-state index contributed by atoms with van der Waals surface area (Å²) >= 11 is 0. The predicted molar refractivity (Wildman–Crippen MR) is 83.3 cm³/mol. The summed E-state index contributed by atoms with van der Waals surface area (Å²) in [6.45, 7) is 0.579. The van der Waals surface area contributed by atoms with Crippen molar-refractivity contribution in [3.05, 3.63) is 29.8 Å². The highest BCUT2D eigenvalue weighted by atomic mass is 16.5. The number of piperidine rings is 1. The van der Waals surface area contributed by atoms with Gasteiger partial charge in [0.25, 0.3) is 0 Å². The van der Waals surface area contributed by atoms with Gasteiger partial charge in [0.15, 0.2) is 0 Å². The molecule has 124 valence electrons. The van der Waals surface area contributed by atoms with Gasteiger partial charge in [-0.05, 0) is 24.1 Å². The second-order valence-corrected chi connectivity index (χ2v) is 5.55. The smallest absolute Gasteiger partial charge is 0.236 e. The SMILES string of the molecule is COc1cccc(CN2CC(C(=O)NCC(N)=O)CCC2=O)c1. The molecule has 1 aliphatic rings. The number of rotatable bonds is 6. The van der Waals surface area contributed by atoms with Crippen LogP contribution in [0, 0.1) is 5.92 Å². The van der Waals surface area contributed by atoms with Crippen LogP contribution in [0.2, 0.25) is 0 Å². The third-order valence-corrected chi connectivity index (χ3v) is 3.82. The molecule has 1 heterocycles. The van der Waals surface area contributed by atoms with Crippen molar-refractivity contribution in [2.24, 2.45) is 11.7 Å². The van der Waals surface area contributed by atoms with E-state index in [1.807, 2.05) is 24.3 Å². The van der Waals surface area contributed by atoms with E-state index in [-0.39, 0.29) is 24.3 Å². The molecule has 3 amide bonds. The number of nitrogens with zero attached hydrogens (tertiary/aromatic N) is 1. The average molecular weight is 319 g/mol. The minimum atomic E-state index is -0.585. The quantitative estimate of drug-likeness (QED) is 0.772. The molecule has 1 saturated heterocycles. The van der Waals surface area contributed by atoms with Crippen molar-refractivity contribution in [2.45, 2.75) is 19.4 Å². The molecule has 1 fully saturated rings. The fourth-order valence-electron chi connectivity index (χ4n) is 2.59. The van der Waals surface area contributed by atoms with Crippen LogP contribution in [0.25, 0.3) is 0 Å². The Morgan fingerprint density at radius 3 is 2.91 bits per heavy atom. The van der Waals surface area contributed by atoms with E-state index in [9.17, 15) is 14.4 Å². The number of benzene rings is 1.